The van der Waals surface area contributed by atoms with Crippen LogP contribution in [0, 0.1) is 0 Å². The number of nitrogens with two attached hydrogens (primary N) is 1. The summed E-state index contributed by atoms with van der Waals surface area (Å²) < 4.78 is 5.08. The van der Waals surface area contributed by atoms with E-state index in [1.165, 1.54) is 29.3 Å². The normalized spacial score (nSPS) is 17.7. The van der Waals surface area contributed by atoms with Crippen LogP contribution in [0.25, 0.3) is 0 Å². The van der Waals surface area contributed by atoms with Gasteiger partial charge in [0, 0.05) is 4.88 Å². The van der Waals surface area contributed by atoms with E-state index in [0.29, 0.717) is 5.82 Å². The molecular formula is C6H7BrN2S. The van der Waals surface area contributed by atoms with Gasteiger partial charge in [0.15, 0.2) is 5.82 Å². The van der Waals surface area contributed by atoms with E-state index >= 15 is 0 Å². The van der Waals surface area contributed by atoms with Gasteiger partial charge in [0.1, 0.15) is 0 Å². The number of anilines is 1. The topological polar surface area (TPSA) is 38.9 Å². The molecular weight excluding hydrogens is 212 g/mol. The molecule has 1 saturated carbocycles. The molecule has 0 atom stereocenters. The highest BCUT2D eigenvalue weighted by Gasteiger charge is 2.28. The van der Waals surface area contributed by atoms with Crippen LogP contribution in [-0.4, -0.2) is 4.37 Å². The van der Waals surface area contributed by atoms with Gasteiger partial charge in [-0.3, -0.25) is 0 Å². The van der Waals surface area contributed by atoms with Crippen molar-refractivity contribution < 1.29 is 0 Å². The summed E-state index contributed by atoms with van der Waals surface area (Å²) in [6.45, 7) is 0. The van der Waals surface area contributed by atoms with E-state index in [-0.39, 0.29) is 0 Å². The van der Waals surface area contributed by atoms with Gasteiger partial charge in [-0.1, -0.05) is 0 Å². The lowest BCUT2D eigenvalue weighted by molar-refractivity contribution is 1.17. The van der Waals surface area contributed by atoms with Crippen molar-refractivity contribution in [1.29, 1.82) is 0 Å². The molecule has 2 nitrogen and oxygen atoms in total. The van der Waals surface area contributed by atoms with Crippen LogP contribution < -0.4 is 5.73 Å². The van der Waals surface area contributed by atoms with Crippen molar-refractivity contribution in [3.8, 4) is 0 Å². The Morgan fingerprint density at radius 3 is 2.70 bits per heavy atom. The van der Waals surface area contributed by atoms with Crippen molar-refractivity contribution in [2.24, 2.45) is 0 Å². The summed E-state index contributed by atoms with van der Waals surface area (Å²) in [5.41, 5.74) is 5.56. The Labute approximate surface area is 71.7 Å². The van der Waals surface area contributed by atoms with E-state index in [2.05, 4.69) is 20.3 Å². The third-order valence-corrected chi connectivity index (χ3v) is 3.75. The van der Waals surface area contributed by atoms with Crippen LogP contribution in [0.4, 0.5) is 5.82 Å². The molecule has 0 bridgehead atoms. The molecule has 10 heavy (non-hydrogen) atoms. The van der Waals surface area contributed by atoms with Gasteiger partial charge in [-0.2, -0.15) is 4.37 Å². The largest absolute Gasteiger partial charge is 0.382 e. The minimum absolute atomic E-state index is 0.645. The highest BCUT2D eigenvalue weighted by atomic mass is 79.9. The molecule has 0 amide bonds. The smallest absolute Gasteiger partial charge is 0.151 e. The third kappa shape index (κ3) is 0.953. The first-order chi connectivity index (χ1) is 4.79. The molecule has 1 aliphatic rings. The molecule has 0 spiro atoms. The molecule has 2 N–H and O–H groups in total. The SMILES string of the molecule is Nc1nsc(C2CC2)c1Br. The van der Waals surface area contributed by atoms with Gasteiger partial charge >= 0.3 is 0 Å². The van der Waals surface area contributed by atoms with E-state index in [0.717, 1.165) is 10.4 Å². The molecule has 0 unspecified atom stereocenters. The first kappa shape index (κ1) is 6.61. The van der Waals surface area contributed by atoms with Gasteiger partial charge in [0.05, 0.1) is 4.47 Å². The average Bonchev–Trinajstić information content (AvgIpc) is 2.67. The van der Waals surface area contributed by atoms with Crippen molar-refractivity contribution in [2.45, 2.75) is 18.8 Å². The van der Waals surface area contributed by atoms with E-state index in [4.69, 9.17) is 5.73 Å². The van der Waals surface area contributed by atoms with Crippen molar-refractivity contribution >= 4 is 33.3 Å². The predicted octanol–water partition coefficient (Wildman–Crippen LogP) is 2.37. The molecule has 0 aliphatic heterocycles. The van der Waals surface area contributed by atoms with Crippen LogP contribution in [-0.2, 0) is 0 Å². The summed E-state index contributed by atoms with van der Waals surface area (Å²) in [5, 5.41) is 0. The number of hydrogen-bond acceptors (Lipinski definition) is 3. The summed E-state index contributed by atoms with van der Waals surface area (Å²) in [7, 11) is 0. The molecule has 1 aliphatic carbocycles. The quantitative estimate of drug-likeness (QED) is 0.787. The number of nitrogens with zero attached hydrogens (tertiary/aromatic N) is 1. The first-order valence-electron chi connectivity index (χ1n) is 3.19. The minimum atomic E-state index is 0.645. The maximum absolute atomic E-state index is 5.56. The number of aromatic nitrogens is 1. The molecule has 1 heterocycles. The number of halogens is 1. The number of nitrogen functional groups attached to an aromatic ring is 1. The highest BCUT2D eigenvalue weighted by Crippen LogP contribution is 2.46. The van der Waals surface area contributed by atoms with Gasteiger partial charge in [-0.25, -0.2) is 0 Å². The van der Waals surface area contributed by atoms with Crippen molar-refractivity contribution in [2.75, 3.05) is 5.73 Å². The van der Waals surface area contributed by atoms with E-state index < -0.39 is 0 Å². The summed E-state index contributed by atoms with van der Waals surface area (Å²) in [4.78, 5) is 1.33. The van der Waals surface area contributed by atoms with E-state index in [1.54, 1.807) is 0 Å². The maximum Gasteiger partial charge on any atom is 0.151 e. The van der Waals surface area contributed by atoms with Gasteiger partial charge in [0.2, 0.25) is 0 Å². The molecule has 54 valence electrons. The third-order valence-electron chi connectivity index (χ3n) is 1.63. The molecule has 0 radical (unpaired) electrons. The van der Waals surface area contributed by atoms with Crippen molar-refractivity contribution in [3.05, 3.63) is 9.35 Å². The lowest BCUT2D eigenvalue weighted by Gasteiger charge is -1.89. The fourth-order valence-electron chi connectivity index (χ4n) is 0.904. The minimum Gasteiger partial charge on any atom is -0.382 e. The zero-order chi connectivity index (χ0) is 7.14. The highest BCUT2D eigenvalue weighted by molar-refractivity contribution is 9.10. The predicted molar refractivity (Wildman–Crippen MR) is 46.2 cm³/mol. The van der Waals surface area contributed by atoms with Gasteiger partial charge < -0.3 is 5.73 Å². The summed E-state index contributed by atoms with van der Waals surface area (Å²) in [6, 6.07) is 0. The van der Waals surface area contributed by atoms with E-state index in [9.17, 15) is 0 Å². The Kier molecular flexibility index (Phi) is 1.46. The Bertz CT molecular complexity index is 254. The summed E-state index contributed by atoms with van der Waals surface area (Å²) in [5.74, 6) is 1.40. The van der Waals surface area contributed by atoms with Gasteiger partial charge in [0.25, 0.3) is 0 Å². The Balaban J connectivity index is 2.40. The fraction of sp³-hybridized carbons (Fsp3) is 0.500. The molecule has 4 heteroatoms. The lowest BCUT2D eigenvalue weighted by Crippen LogP contribution is -1.83. The maximum atomic E-state index is 5.56. The average molecular weight is 219 g/mol. The second-order valence-electron chi connectivity index (χ2n) is 2.52. The van der Waals surface area contributed by atoms with Crippen LogP contribution in [0.15, 0.2) is 4.47 Å². The Morgan fingerprint density at radius 1 is 1.60 bits per heavy atom. The summed E-state index contributed by atoms with van der Waals surface area (Å²) in [6.07, 6.45) is 2.61. The van der Waals surface area contributed by atoms with Gasteiger partial charge in [-0.15, -0.1) is 0 Å². The molecule has 1 fully saturated rings. The number of rotatable bonds is 1. The van der Waals surface area contributed by atoms with Crippen molar-refractivity contribution in [1.82, 2.24) is 4.37 Å². The number of hydrogen-bond donors (Lipinski definition) is 1. The van der Waals surface area contributed by atoms with Crippen molar-refractivity contribution in [3.63, 3.8) is 0 Å². The van der Waals surface area contributed by atoms with Crippen LogP contribution >= 0.6 is 27.5 Å². The molecule has 2 rings (SSSR count). The second-order valence-corrected chi connectivity index (χ2v) is 4.12. The molecule has 1 aromatic heterocycles. The molecule has 0 aromatic carbocycles. The second kappa shape index (κ2) is 2.20. The molecule has 1 aromatic rings. The zero-order valence-corrected chi connectivity index (χ0v) is 7.70. The van der Waals surface area contributed by atoms with Crippen LogP contribution in [0.1, 0.15) is 23.6 Å². The van der Waals surface area contributed by atoms with Crippen LogP contribution in [0.5, 0.6) is 0 Å². The Morgan fingerprint density at radius 2 is 2.30 bits per heavy atom. The van der Waals surface area contributed by atoms with Crippen LogP contribution in [0.2, 0.25) is 0 Å². The lowest BCUT2D eigenvalue weighted by atomic mass is 10.3. The monoisotopic (exact) mass is 218 g/mol. The summed E-state index contributed by atoms with van der Waals surface area (Å²) >= 11 is 4.94. The Hall–Kier alpha value is -0.0900. The first-order valence-corrected chi connectivity index (χ1v) is 4.76. The zero-order valence-electron chi connectivity index (χ0n) is 5.30. The van der Waals surface area contributed by atoms with Gasteiger partial charge in [-0.05, 0) is 46.2 Å². The fourth-order valence-corrected chi connectivity index (χ4v) is 2.51. The van der Waals surface area contributed by atoms with Crippen LogP contribution in [0.3, 0.4) is 0 Å². The standard InChI is InChI=1S/C6H7BrN2S/c7-4-5(3-1-2-3)10-9-6(4)8/h3H,1-2H2,(H2,8,9). The van der Waals surface area contributed by atoms with E-state index in [1.807, 2.05) is 0 Å². The molecule has 0 saturated heterocycles.